The number of carboxylic acid groups (broad SMARTS) is 1. The molecule has 0 bridgehead atoms. The summed E-state index contributed by atoms with van der Waals surface area (Å²) >= 11 is 5.61. The lowest BCUT2D eigenvalue weighted by molar-refractivity contribution is 0.0693. The predicted molar refractivity (Wildman–Crippen MR) is 68.8 cm³/mol. The Morgan fingerprint density at radius 3 is 2.70 bits per heavy atom. The summed E-state index contributed by atoms with van der Waals surface area (Å²) < 4.78 is 14.0. The quantitative estimate of drug-likeness (QED) is 0.886. The minimum atomic E-state index is -1.45. The first-order valence-electron chi connectivity index (χ1n) is 5.39. The number of aromatic amines is 1. The van der Waals surface area contributed by atoms with Crippen molar-refractivity contribution in [3.8, 4) is 0 Å². The Morgan fingerprint density at radius 2 is 2.10 bits per heavy atom. The van der Waals surface area contributed by atoms with E-state index in [0.29, 0.717) is 5.56 Å². The van der Waals surface area contributed by atoms with E-state index in [1.807, 2.05) is 4.98 Å². The number of carboxylic acids is 1. The molecule has 0 aliphatic heterocycles. The molecule has 104 valence electrons. The van der Waals surface area contributed by atoms with Crippen molar-refractivity contribution in [2.75, 3.05) is 0 Å². The Labute approximate surface area is 116 Å². The number of halogens is 2. The van der Waals surface area contributed by atoms with Crippen LogP contribution in [-0.4, -0.2) is 20.6 Å². The van der Waals surface area contributed by atoms with Gasteiger partial charge in [0.05, 0.1) is 11.6 Å². The molecule has 1 aromatic heterocycles. The van der Waals surface area contributed by atoms with E-state index in [0.717, 1.165) is 16.8 Å². The molecule has 0 unspecified atom stereocenters. The van der Waals surface area contributed by atoms with Gasteiger partial charge in [0.15, 0.2) is 0 Å². The number of aromatic carboxylic acids is 1. The smallest absolute Gasteiger partial charge is 0.342 e. The van der Waals surface area contributed by atoms with E-state index >= 15 is 0 Å². The molecule has 0 spiro atoms. The minimum absolute atomic E-state index is 0.0457. The number of nitrogens with one attached hydrogen (secondary N) is 1. The summed E-state index contributed by atoms with van der Waals surface area (Å²) in [6.45, 7) is -0.0457. The highest BCUT2D eigenvalue weighted by Gasteiger charge is 2.12. The maximum Gasteiger partial charge on any atom is 0.342 e. The van der Waals surface area contributed by atoms with Crippen LogP contribution in [0.2, 0.25) is 5.02 Å². The molecule has 2 N–H and O–H groups in total. The molecule has 0 amide bonds. The molecule has 0 radical (unpaired) electrons. The lowest BCUT2D eigenvalue weighted by Crippen LogP contribution is -2.33. The van der Waals surface area contributed by atoms with Crippen LogP contribution in [0.25, 0.3) is 0 Å². The van der Waals surface area contributed by atoms with E-state index in [1.165, 1.54) is 12.1 Å². The van der Waals surface area contributed by atoms with Crippen LogP contribution in [0.1, 0.15) is 15.9 Å². The van der Waals surface area contributed by atoms with Gasteiger partial charge < -0.3 is 5.11 Å². The maximum absolute atomic E-state index is 13.0. The van der Waals surface area contributed by atoms with Gasteiger partial charge in [-0.15, -0.1) is 0 Å². The molecular weight excluding hydrogens is 291 g/mol. The van der Waals surface area contributed by atoms with Crippen LogP contribution in [-0.2, 0) is 6.54 Å². The number of carbonyl (C=O) groups is 1. The van der Waals surface area contributed by atoms with E-state index < -0.39 is 28.6 Å². The van der Waals surface area contributed by atoms with Gasteiger partial charge in [0.2, 0.25) is 0 Å². The summed E-state index contributed by atoms with van der Waals surface area (Å²) in [7, 11) is 0. The first-order valence-corrected chi connectivity index (χ1v) is 5.77. The van der Waals surface area contributed by atoms with Crippen molar-refractivity contribution >= 4 is 17.6 Å². The third-order valence-corrected chi connectivity index (χ3v) is 2.87. The van der Waals surface area contributed by atoms with Crippen molar-refractivity contribution < 1.29 is 14.3 Å². The summed E-state index contributed by atoms with van der Waals surface area (Å²) in [5.74, 6) is -2.05. The van der Waals surface area contributed by atoms with Gasteiger partial charge in [-0.05, 0) is 17.7 Å². The molecule has 0 saturated carbocycles. The summed E-state index contributed by atoms with van der Waals surface area (Å²) in [5, 5.41) is 8.71. The summed E-state index contributed by atoms with van der Waals surface area (Å²) in [5.41, 5.74) is -1.81. The molecule has 0 aliphatic rings. The molecular formula is C12H8ClFN2O4. The number of hydrogen-bond donors (Lipinski definition) is 2. The lowest BCUT2D eigenvalue weighted by Gasteiger charge is -2.07. The number of hydrogen-bond acceptors (Lipinski definition) is 3. The molecule has 2 aromatic rings. The molecule has 0 saturated heterocycles. The molecule has 8 heteroatoms. The zero-order valence-corrected chi connectivity index (χ0v) is 10.6. The zero-order chi connectivity index (χ0) is 14.9. The molecule has 1 aromatic carbocycles. The minimum Gasteiger partial charge on any atom is -0.477 e. The van der Waals surface area contributed by atoms with Crippen molar-refractivity contribution in [2.45, 2.75) is 6.54 Å². The van der Waals surface area contributed by atoms with Gasteiger partial charge in [-0.1, -0.05) is 17.7 Å². The highest BCUT2D eigenvalue weighted by atomic mass is 35.5. The average Bonchev–Trinajstić information content (AvgIpc) is 2.36. The third-order valence-electron chi connectivity index (χ3n) is 2.58. The van der Waals surface area contributed by atoms with E-state index in [4.69, 9.17) is 16.7 Å². The van der Waals surface area contributed by atoms with Gasteiger partial charge in [-0.3, -0.25) is 14.3 Å². The van der Waals surface area contributed by atoms with Crippen molar-refractivity contribution in [1.29, 1.82) is 0 Å². The highest BCUT2D eigenvalue weighted by molar-refractivity contribution is 6.30. The third kappa shape index (κ3) is 2.77. The number of aromatic nitrogens is 2. The summed E-state index contributed by atoms with van der Waals surface area (Å²) in [6, 6.07) is 3.85. The molecule has 20 heavy (non-hydrogen) atoms. The van der Waals surface area contributed by atoms with Crippen molar-refractivity contribution in [2.24, 2.45) is 0 Å². The number of benzene rings is 1. The summed E-state index contributed by atoms with van der Waals surface area (Å²) in [6.07, 6.45) is 0.931. The molecule has 1 heterocycles. The second-order valence-corrected chi connectivity index (χ2v) is 4.39. The topological polar surface area (TPSA) is 92.2 Å². The van der Waals surface area contributed by atoms with Crippen LogP contribution in [0.15, 0.2) is 34.0 Å². The Kier molecular flexibility index (Phi) is 3.71. The fraction of sp³-hybridized carbons (Fsp3) is 0.0833. The Morgan fingerprint density at radius 1 is 1.40 bits per heavy atom. The van der Waals surface area contributed by atoms with Gasteiger partial charge in [0.1, 0.15) is 11.4 Å². The molecule has 0 fully saturated rings. The van der Waals surface area contributed by atoms with Crippen LogP contribution in [0, 0.1) is 5.82 Å². The SMILES string of the molecule is O=C(O)c1cn(Cc2ccc(F)c(Cl)c2)c(=O)[nH]c1=O. The lowest BCUT2D eigenvalue weighted by atomic mass is 10.2. The van der Waals surface area contributed by atoms with E-state index in [1.54, 1.807) is 0 Å². The van der Waals surface area contributed by atoms with Gasteiger partial charge in [-0.25, -0.2) is 14.0 Å². The van der Waals surface area contributed by atoms with Crippen LogP contribution >= 0.6 is 11.6 Å². The molecule has 6 nitrogen and oxygen atoms in total. The van der Waals surface area contributed by atoms with E-state index in [9.17, 15) is 18.8 Å². The fourth-order valence-corrected chi connectivity index (χ4v) is 1.82. The molecule has 0 atom stereocenters. The molecule has 0 aliphatic carbocycles. The number of nitrogens with zero attached hydrogens (tertiary/aromatic N) is 1. The summed E-state index contributed by atoms with van der Waals surface area (Å²) in [4.78, 5) is 35.6. The molecule has 2 rings (SSSR count). The maximum atomic E-state index is 13.0. The first-order chi connectivity index (χ1) is 9.38. The highest BCUT2D eigenvalue weighted by Crippen LogP contribution is 2.16. The monoisotopic (exact) mass is 298 g/mol. The Hall–Kier alpha value is -2.41. The fourth-order valence-electron chi connectivity index (χ4n) is 1.61. The number of rotatable bonds is 3. The largest absolute Gasteiger partial charge is 0.477 e. The number of H-pyrrole nitrogens is 1. The second-order valence-electron chi connectivity index (χ2n) is 3.98. The van der Waals surface area contributed by atoms with Crippen molar-refractivity contribution in [3.05, 3.63) is 67.2 Å². The second kappa shape index (κ2) is 5.30. The van der Waals surface area contributed by atoms with Crippen molar-refractivity contribution in [3.63, 3.8) is 0 Å². The Balaban J connectivity index is 2.45. The Bertz CT molecular complexity index is 797. The predicted octanol–water partition coefficient (Wildman–Crippen LogP) is 1.08. The normalized spacial score (nSPS) is 10.5. The van der Waals surface area contributed by atoms with Gasteiger partial charge >= 0.3 is 11.7 Å². The van der Waals surface area contributed by atoms with Crippen LogP contribution < -0.4 is 11.2 Å². The van der Waals surface area contributed by atoms with Crippen LogP contribution in [0.4, 0.5) is 4.39 Å². The van der Waals surface area contributed by atoms with E-state index in [2.05, 4.69) is 0 Å². The first kappa shape index (κ1) is 14.0. The average molecular weight is 299 g/mol. The standard InChI is InChI=1S/C12H8ClFN2O4/c13-8-3-6(1-2-9(8)14)4-16-5-7(11(18)19)10(17)15-12(16)20/h1-3,5H,4H2,(H,18,19)(H,15,17,20). The van der Waals surface area contributed by atoms with Crippen LogP contribution in [0.3, 0.4) is 0 Å². The van der Waals surface area contributed by atoms with E-state index in [-0.39, 0.29) is 11.6 Å². The van der Waals surface area contributed by atoms with Gasteiger partial charge in [-0.2, -0.15) is 0 Å². The van der Waals surface area contributed by atoms with Gasteiger partial charge in [0, 0.05) is 6.20 Å². The zero-order valence-electron chi connectivity index (χ0n) is 9.89. The van der Waals surface area contributed by atoms with Crippen LogP contribution in [0.5, 0.6) is 0 Å². The van der Waals surface area contributed by atoms with Crippen molar-refractivity contribution in [1.82, 2.24) is 9.55 Å². The van der Waals surface area contributed by atoms with Gasteiger partial charge in [0.25, 0.3) is 5.56 Å².